The number of carbonyl (C=O) groups is 2. The fourth-order valence-electron chi connectivity index (χ4n) is 4.15. The van der Waals surface area contributed by atoms with Crippen LogP contribution in [-0.2, 0) is 23.8 Å². The summed E-state index contributed by atoms with van der Waals surface area (Å²) in [6, 6.07) is 3.86. The Balaban J connectivity index is 1.35. The van der Waals surface area contributed by atoms with Gasteiger partial charge in [0, 0.05) is 57.3 Å². The highest BCUT2D eigenvalue weighted by Crippen LogP contribution is 2.28. The van der Waals surface area contributed by atoms with Crippen LogP contribution in [0, 0.1) is 20.2 Å². The number of nitrogens with zero attached hydrogens (tertiary/aromatic N) is 2. The first-order valence-electron chi connectivity index (χ1n) is 14.0. The first kappa shape index (κ1) is 33.8. The lowest BCUT2D eigenvalue weighted by Gasteiger charge is -2.26. The number of benzene rings is 1. The molecule has 2 amide bonds. The highest BCUT2D eigenvalue weighted by Gasteiger charge is 2.20. The summed E-state index contributed by atoms with van der Waals surface area (Å²) in [4.78, 5) is 44.5. The van der Waals surface area contributed by atoms with Gasteiger partial charge in [-0.3, -0.25) is 29.8 Å². The summed E-state index contributed by atoms with van der Waals surface area (Å²) in [5, 5.41) is 30.6. The van der Waals surface area contributed by atoms with Crippen molar-refractivity contribution in [2.24, 2.45) is 5.73 Å². The maximum absolute atomic E-state index is 12.0. The summed E-state index contributed by atoms with van der Waals surface area (Å²) in [6.07, 6.45) is 5.19. The first-order valence-corrected chi connectivity index (χ1v) is 14.0. The van der Waals surface area contributed by atoms with E-state index in [0.717, 1.165) is 31.7 Å². The van der Waals surface area contributed by atoms with Crippen molar-refractivity contribution in [3.63, 3.8) is 0 Å². The third kappa shape index (κ3) is 14.7. The number of ether oxygens (including phenoxy) is 3. The number of amides is 2. The zero-order valence-corrected chi connectivity index (χ0v) is 23.3. The fourth-order valence-corrected chi connectivity index (χ4v) is 4.15. The van der Waals surface area contributed by atoms with Crippen molar-refractivity contribution in [1.82, 2.24) is 10.6 Å². The summed E-state index contributed by atoms with van der Waals surface area (Å²) < 4.78 is 16.4. The quantitative estimate of drug-likeness (QED) is 0.0935. The average Bonchev–Trinajstić information content (AvgIpc) is 2.95. The molecule has 5 N–H and O–H groups in total. The topological polar surface area (TPSA) is 210 Å². The standard InChI is InChI=1S/C26H42N6O9/c27-20-3-5-21(6-4-20)30-26(34)10-9-25(33)29-12-2-14-40-16-18-41-17-15-39-13-1-11-28-23-8-7-22(31(35)36)19-24(23)32(37)38/h7-8,19-21,28H,1-6,9-18,27H2,(H,29,33)(H,30,34). The van der Waals surface area contributed by atoms with E-state index in [9.17, 15) is 29.8 Å². The Kier molecular flexibility index (Phi) is 16.2. The Morgan fingerprint density at radius 1 is 0.829 bits per heavy atom. The van der Waals surface area contributed by atoms with Crippen molar-refractivity contribution < 1.29 is 33.6 Å². The van der Waals surface area contributed by atoms with E-state index in [1.54, 1.807) is 0 Å². The second-order valence-electron chi connectivity index (χ2n) is 9.72. The molecule has 0 saturated heterocycles. The van der Waals surface area contributed by atoms with Crippen LogP contribution in [0.3, 0.4) is 0 Å². The minimum absolute atomic E-state index is 0.0978. The number of rotatable bonds is 21. The Morgan fingerprint density at radius 3 is 2.02 bits per heavy atom. The summed E-state index contributed by atoms with van der Waals surface area (Å²) in [6.45, 7) is 3.37. The highest BCUT2D eigenvalue weighted by molar-refractivity contribution is 5.83. The number of hydrogen-bond acceptors (Lipinski definition) is 11. The molecule has 15 nitrogen and oxygen atoms in total. The van der Waals surface area contributed by atoms with Crippen LogP contribution >= 0.6 is 0 Å². The van der Waals surface area contributed by atoms with Crippen LogP contribution in [0.4, 0.5) is 17.1 Å². The molecule has 0 aromatic heterocycles. The second-order valence-corrected chi connectivity index (χ2v) is 9.72. The van der Waals surface area contributed by atoms with Crippen LogP contribution in [0.1, 0.15) is 51.4 Å². The molecule has 1 aromatic rings. The van der Waals surface area contributed by atoms with Gasteiger partial charge in [0.15, 0.2) is 0 Å². The number of nitro groups is 2. The minimum Gasteiger partial charge on any atom is -0.379 e. The number of nitrogens with two attached hydrogens (primary N) is 1. The Hall–Kier alpha value is -3.40. The van der Waals surface area contributed by atoms with Gasteiger partial charge in [-0.2, -0.15) is 0 Å². The number of nitro benzene ring substituents is 2. The molecule has 230 valence electrons. The SMILES string of the molecule is NC1CCC(NC(=O)CCC(=O)NCCCOCCOCCOCCCNc2ccc([N+](=O)[O-])cc2[N+](=O)[O-])CC1. The van der Waals surface area contributed by atoms with E-state index in [0.29, 0.717) is 65.6 Å². The van der Waals surface area contributed by atoms with E-state index in [-0.39, 0.29) is 53.8 Å². The zero-order valence-electron chi connectivity index (χ0n) is 23.3. The van der Waals surface area contributed by atoms with Gasteiger partial charge in [0.25, 0.3) is 11.4 Å². The number of anilines is 1. The smallest absolute Gasteiger partial charge is 0.299 e. The van der Waals surface area contributed by atoms with E-state index in [1.807, 2.05) is 0 Å². The lowest BCUT2D eigenvalue weighted by Crippen LogP contribution is -2.40. The number of non-ortho nitro benzene ring substituents is 1. The predicted octanol–water partition coefficient (Wildman–Crippen LogP) is 2.03. The van der Waals surface area contributed by atoms with Gasteiger partial charge in [0.1, 0.15) is 5.69 Å². The van der Waals surface area contributed by atoms with E-state index >= 15 is 0 Å². The van der Waals surface area contributed by atoms with Crippen LogP contribution in [0.2, 0.25) is 0 Å². The van der Waals surface area contributed by atoms with E-state index in [2.05, 4.69) is 16.0 Å². The Bertz CT molecular complexity index is 973. The van der Waals surface area contributed by atoms with Crippen molar-refractivity contribution in [2.45, 2.75) is 63.5 Å². The van der Waals surface area contributed by atoms with Crippen molar-refractivity contribution in [3.05, 3.63) is 38.4 Å². The number of hydrogen-bond donors (Lipinski definition) is 4. The molecule has 0 heterocycles. The van der Waals surface area contributed by atoms with E-state index in [4.69, 9.17) is 19.9 Å². The van der Waals surface area contributed by atoms with E-state index < -0.39 is 9.85 Å². The summed E-state index contributed by atoms with van der Waals surface area (Å²) in [5.41, 5.74) is 5.40. The molecule has 0 atom stereocenters. The molecule has 0 unspecified atom stereocenters. The lowest BCUT2D eigenvalue weighted by molar-refractivity contribution is -0.393. The molecule has 41 heavy (non-hydrogen) atoms. The van der Waals surface area contributed by atoms with Crippen LogP contribution < -0.4 is 21.7 Å². The number of carbonyl (C=O) groups excluding carboxylic acids is 2. The predicted molar refractivity (Wildman–Crippen MR) is 151 cm³/mol. The van der Waals surface area contributed by atoms with Crippen molar-refractivity contribution in [2.75, 3.05) is 58.0 Å². The molecule has 15 heteroatoms. The van der Waals surface area contributed by atoms with Crippen LogP contribution in [0.5, 0.6) is 0 Å². The molecule has 1 saturated carbocycles. The lowest BCUT2D eigenvalue weighted by atomic mass is 9.92. The molecule has 1 aliphatic carbocycles. The summed E-state index contributed by atoms with van der Waals surface area (Å²) in [7, 11) is 0. The van der Waals surface area contributed by atoms with Gasteiger partial charge in [-0.25, -0.2) is 0 Å². The van der Waals surface area contributed by atoms with Crippen molar-refractivity contribution in [3.8, 4) is 0 Å². The van der Waals surface area contributed by atoms with Crippen LogP contribution in [-0.4, -0.2) is 86.5 Å². The first-order chi connectivity index (χ1) is 19.8. The molecule has 1 aliphatic rings. The molecule has 1 fully saturated rings. The van der Waals surface area contributed by atoms with Gasteiger partial charge in [-0.05, 0) is 44.6 Å². The minimum atomic E-state index is -0.678. The maximum atomic E-state index is 12.0. The number of nitrogens with one attached hydrogen (secondary N) is 3. The normalized spacial score (nSPS) is 16.6. The molecule has 0 spiro atoms. The van der Waals surface area contributed by atoms with Gasteiger partial charge in [-0.1, -0.05) is 0 Å². The summed E-state index contributed by atoms with van der Waals surface area (Å²) in [5.74, 6) is -0.253. The molecule has 2 rings (SSSR count). The van der Waals surface area contributed by atoms with Gasteiger partial charge < -0.3 is 35.9 Å². The fraction of sp³-hybridized carbons (Fsp3) is 0.692. The van der Waals surface area contributed by atoms with Gasteiger partial charge in [0.05, 0.1) is 42.3 Å². The van der Waals surface area contributed by atoms with Crippen LogP contribution in [0.25, 0.3) is 0 Å². The largest absolute Gasteiger partial charge is 0.379 e. The maximum Gasteiger partial charge on any atom is 0.299 e. The average molecular weight is 583 g/mol. The van der Waals surface area contributed by atoms with Crippen LogP contribution in [0.15, 0.2) is 18.2 Å². The monoisotopic (exact) mass is 582 g/mol. The second kappa shape index (κ2) is 19.6. The van der Waals surface area contributed by atoms with Gasteiger partial charge in [-0.15, -0.1) is 0 Å². The molecule has 0 aliphatic heterocycles. The van der Waals surface area contributed by atoms with Crippen molar-refractivity contribution in [1.29, 1.82) is 0 Å². The Labute approximate surface area is 239 Å². The third-order valence-electron chi connectivity index (χ3n) is 6.42. The Morgan fingerprint density at radius 2 is 1.41 bits per heavy atom. The molecule has 1 aromatic carbocycles. The highest BCUT2D eigenvalue weighted by atomic mass is 16.6. The zero-order chi connectivity index (χ0) is 29.9. The van der Waals surface area contributed by atoms with E-state index in [1.165, 1.54) is 12.1 Å². The van der Waals surface area contributed by atoms with Gasteiger partial charge >= 0.3 is 0 Å². The third-order valence-corrected chi connectivity index (χ3v) is 6.42. The van der Waals surface area contributed by atoms with Gasteiger partial charge in [0.2, 0.25) is 11.8 Å². The molecule has 0 radical (unpaired) electrons. The summed E-state index contributed by atoms with van der Waals surface area (Å²) >= 11 is 0. The molecule has 0 bridgehead atoms. The molecular formula is C26H42N6O9. The van der Waals surface area contributed by atoms with Crippen molar-refractivity contribution >= 4 is 28.9 Å². The molecular weight excluding hydrogens is 540 g/mol.